The maximum atomic E-state index is 13.6. The minimum atomic E-state index is -1.44. The van der Waals surface area contributed by atoms with Gasteiger partial charge in [0.1, 0.15) is 11.5 Å². The van der Waals surface area contributed by atoms with Gasteiger partial charge < -0.3 is 14.9 Å². The van der Waals surface area contributed by atoms with Crippen LogP contribution < -0.4 is 4.90 Å². The van der Waals surface area contributed by atoms with Crippen molar-refractivity contribution in [2.45, 2.75) is 12.5 Å². The maximum absolute atomic E-state index is 13.6. The number of carboxylic acids is 1. The van der Waals surface area contributed by atoms with Gasteiger partial charge in [0, 0.05) is 19.1 Å². The molecule has 1 aliphatic heterocycles. The number of nitro benzene ring substituents is 1. The molecule has 1 N–H and O–H groups in total. The second-order valence-electron chi connectivity index (χ2n) is 5.24. The Morgan fingerprint density at radius 1 is 1.52 bits per heavy atom. The number of anilines is 1. The van der Waals surface area contributed by atoms with E-state index in [0.717, 1.165) is 12.5 Å². The van der Waals surface area contributed by atoms with Crippen LogP contribution in [0.5, 0.6) is 0 Å². The minimum Gasteiger partial charge on any atom is -0.478 e. The monoisotopic (exact) mass is 297 g/mol. The van der Waals surface area contributed by atoms with Crippen LogP contribution in [-0.2, 0) is 0 Å². The summed E-state index contributed by atoms with van der Waals surface area (Å²) in [6.45, 7) is 1.10. The molecule has 0 aliphatic carbocycles. The Morgan fingerprint density at radius 3 is 2.67 bits per heavy atom. The minimum absolute atomic E-state index is 0.156. The number of likely N-dealkylation sites (N-methyl/N-ethyl adjacent to an activating group) is 1. The third-order valence-electron chi connectivity index (χ3n) is 3.73. The summed E-state index contributed by atoms with van der Waals surface area (Å²) < 4.78 is 13.6. The van der Waals surface area contributed by atoms with E-state index in [1.54, 1.807) is 4.90 Å². The third kappa shape index (κ3) is 2.94. The molecule has 1 aliphatic rings. The van der Waals surface area contributed by atoms with Crippen molar-refractivity contribution in [2.75, 3.05) is 32.1 Å². The molecule has 0 amide bonds. The van der Waals surface area contributed by atoms with Crippen LogP contribution in [-0.4, -0.2) is 54.1 Å². The summed E-state index contributed by atoms with van der Waals surface area (Å²) in [7, 11) is 3.83. The summed E-state index contributed by atoms with van der Waals surface area (Å²) in [5.41, 5.74) is -0.802. The van der Waals surface area contributed by atoms with E-state index >= 15 is 0 Å². The molecule has 1 aromatic rings. The Bertz CT molecular complexity index is 591. The number of nitrogens with zero attached hydrogens (tertiary/aromatic N) is 3. The summed E-state index contributed by atoms with van der Waals surface area (Å²) in [4.78, 5) is 25.1. The van der Waals surface area contributed by atoms with Crippen molar-refractivity contribution in [3.8, 4) is 0 Å². The van der Waals surface area contributed by atoms with Gasteiger partial charge in [0.25, 0.3) is 5.69 Å². The first-order valence-electron chi connectivity index (χ1n) is 6.44. The largest absolute Gasteiger partial charge is 0.478 e. The first-order chi connectivity index (χ1) is 9.81. The number of nitro groups is 1. The number of hydrogen-bond acceptors (Lipinski definition) is 5. The lowest BCUT2D eigenvalue weighted by atomic mass is 10.1. The molecule has 21 heavy (non-hydrogen) atoms. The fraction of sp³-hybridized carbons (Fsp3) is 0.462. The Balaban J connectivity index is 2.44. The number of hydrogen-bond donors (Lipinski definition) is 1. The summed E-state index contributed by atoms with van der Waals surface area (Å²) in [6.07, 6.45) is 0.809. The van der Waals surface area contributed by atoms with Crippen molar-refractivity contribution in [3.05, 3.63) is 33.6 Å². The molecule has 1 fully saturated rings. The Labute approximate surface area is 120 Å². The standard InChI is InChI=1S/C13H16FN3O4/c1-15(2)8-3-4-16(7-8)11-5-9(13(18)19)10(14)6-12(11)17(20)21/h5-6,8H,3-4,7H2,1-2H3,(H,18,19). The van der Waals surface area contributed by atoms with Crippen LogP contribution in [0.2, 0.25) is 0 Å². The van der Waals surface area contributed by atoms with Crippen molar-refractivity contribution >= 4 is 17.3 Å². The Kier molecular flexibility index (Phi) is 4.08. The number of carboxylic acid groups (broad SMARTS) is 1. The van der Waals surface area contributed by atoms with E-state index < -0.39 is 28.0 Å². The normalized spacial score (nSPS) is 18.3. The van der Waals surface area contributed by atoms with Crippen molar-refractivity contribution in [3.63, 3.8) is 0 Å². The Morgan fingerprint density at radius 2 is 2.19 bits per heavy atom. The van der Waals surface area contributed by atoms with Crippen molar-refractivity contribution in [1.29, 1.82) is 0 Å². The van der Waals surface area contributed by atoms with Gasteiger partial charge in [-0.25, -0.2) is 9.18 Å². The van der Waals surface area contributed by atoms with Gasteiger partial charge in [0.15, 0.2) is 0 Å². The van der Waals surface area contributed by atoms with E-state index in [9.17, 15) is 19.3 Å². The van der Waals surface area contributed by atoms with Crippen LogP contribution in [0.3, 0.4) is 0 Å². The molecule has 1 heterocycles. The van der Waals surface area contributed by atoms with Crippen molar-refractivity contribution in [1.82, 2.24) is 4.90 Å². The summed E-state index contributed by atoms with van der Waals surface area (Å²) >= 11 is 0. The zero-order chi connectivity index (χ0) is 15.7. The highest BCUT2D eigenvalue weighted by atomic mass is 19.1. The van der Waals surface area contributed by atoms with Crippen molar-refractivity contribution < 1.29 is 19.2 Å². The van der Waals surface area contributed by atoms with Crippen LogP contribution in [0, 0.1) is 15.9 Å². The van der Waals surface area contributed by atoms with E-state index in [2.05, 4.69) is 0 Å². The average Bonchev–Trinajstić information content (AvgIpc) is 2.87. The van der Waals surface area contributed by atoms with Crippen LogP contribution in [0.15, 0.2) is 12.1 Å². The van der Waals surface area contributed by atoms with Gasteiger partial charge in [-0.15, -0.1) is 0 Å². The van der Waals surface area contributed by atoms with E-state index in [1.807, 2.05) is 19.0 Å². The molecule has 0 saturated carbocycles. The zero-order valence-electron chi connectivity index (χ0n) is 11.7. The van der Waals surface area contributed by atoms with Gasteiger partial charge in [-0.2, -0.15) is 0 Å². The van der Waals surface area contributed by atoms with Crippen molar-refractivity contribution in [2.24, 2.45) is 0 Å². The predicted molar refractivity (Wildman–Crippen MR) is 74.3 cm³/mol. The third-order valence-corrected chi connectivity index (χ3v) is 3.73. The molecule has 1 aromatic carbocycles. The molecular weight excluding hydrogens is 281 g/mol. The van der Waals surface area contributed by atoms with E-state index in [1.165, 1.54) is 0 Å². The maximum Gasteiger partial charge on any atom is 0.338 e. The van der Waals surface area contributed by atoms with E-state index in [4.69, 9.17) is 5.11 Å². The molecular formula is C13H16FN3O4. The highest BCUT2D eigenvalue weighted by molar-refractivity contribution is 5.90. The second-order valence-corrected chi connectivity index (χ2v) is 5.24. The summed E-state index contributed by atoms with van der Waals surface area (Å²) in [5.74, 6) is -2.53. The van der Waals surface area contributed by atoms with Crippen LogP contribution in [0.4, 0.5) is 15.8 Å². The second kappa shape index (κ2) is 5.65. The van der Waals surface area contributed by atoms with Crippen LogP contribution >= 0.6 is 0 Å². The summed E-state index contributed by atoms with van der Waals surface area (Å²) in [6, 6.07) is 1.96. The quantitative estimate of drug-likeness (QED) is 0.670. The molecule has 0 radical (unpaired) electrons. The molecule has 0 aromatic heterocycles. The lowest BCUT2D eigenvalue weighted by molar-refractivity contribution is -0.384. The van der Waals surface area contributed by atoms with E-state index in [-0.39, 0.29) is 11.7 Å². The topological polar surface area (TPSA) is 86.9 Å². The Hall–Kier alpha value is -2.22. The molecule has 2 rings (SSSR count). The zero-order valence-corrected chi connectivity index (χ0v) is 11.7. The fourth-order valence-corrected chi connectivity index (χ4v) is 2.50. The predicted octanol–water partition coefficient (Wildman–Crippen LogP) is 1.57. The molecule has 0 bridgehead atoms. The number of halogens is 1. The van der Waals surface area contributed by atoms with Crippen LogP contribution in [0.25, 0.3) is 0 Å². The molecule has 7 nitrogen and oxygen atoms in total. The number of rotatable bonds is 4. The van der Waals surface area contributed by atoms with Gasteiger partial charge >= 0.3 is 5.97 Å². The average molecular weight is 297 g/mol. The smallest absolute Gasteiger partial charge is 0.338 e. The lowest BCUT2D eigenvalue weighted by Crippen LogP contribution is -2.31. The van der Waals surface area contributed by atoms with Gasteiger partial charge in [0.2, 0.25) is 0 Å². The van der Waals surface area contributed by atoms with Gasteiger partial charge in [-0.3, -0.25) is 10.1 Å². The van der Waals surface area contributed by atoms with Gasteiger partial charge in [0.05, 0.1) is 16.6 Å². The molecule has 8 heteroatoms. The van der Waals surface area contributed by atoms with Crippen LogP contribution in [0.1, 0.15) is 16.8 Å². The first-order valence-corrected chi connectivity index (χ1v) is 6.44. The molecule has 1 unspecified atom stereocenters. The lowest BCUT2D eigenvalue weighted by Gasteiger charge is -2.22. The number of carbonyl (C=O) groups is 1. The molecule has 114 valence electrons. The number of benzene rings is 1. The SMILES string of the molecule is CN(C)C1CCN(c2cc(C(=O)O)c(F)cc2[N+](=O)[O-])C1. The molecule has 0 spiro atoms. The molecule has 1 saturated heterocycles. The van der Waals surface area contributed by atoms with E-state index in [0.29, 0.717) is 19.2 Å². The van der Waals surface area contributed by atoms with Gasteiger partial charge in [-0.05, 0) is 26.6 Å². The number of aromatic carboxylic acids is 1. The summed E-state index contributed by atoms with van der Waals surface area (Å²) in [5, 5.41) is 20.0. The van der Waals surface area contributed by atoms with Gasteiger partial charge in [-0.1, -0.05) is 0 Å². The molecule has 1 atom stereocenters. The highest BCUT2D eigenvalue weighted by Gasteiger charge is 2.30. The fourth-order valence-electron chi connectivity index (χ4n) is 2.50. The first kappa shape index (κ1) is 15.2. The highest BCUT2D eigenvalue weighted by Crippen LogP contribution is 2.33.